The minimum atomic E-state index is -0.613. The number of hydrogen-bond acceptors (Lipinski definition) is 6. The molecule has 3 N–H and O–H groups in total. The largest absolute Gasteiger partial charge is 0.396 e. The second-order valence-electron chi connectivity index (χ2n) is 7.71. The molecule has 0 saturated heterocycles. The maximum absolute atomic E-state index is 14.0. The molecule has 1 aliphatic carbocycles. The molecule has 0 radical (unpaired) electrons. The third-order valence-corrected chi connectivity index (χ3v) is 5.86. The van der Waals surface area contributed by atoms with E-state index in [9.17, 15) is 14.6 Å². The lowest BCUT2D eigenvalue weighted by molar-refractivity contribution is 0.0716. The maximum atomic E-state index is 14.0. The van der Waals surface area contributed by atoms with Gasteiger partial charge in [0.15, 0.2) is 5.82 Å². The first-order valence-corrected chi connectivity index (χ1v) is 10.1. The topological polar surface area (TPSA) is 91.2 Å². The van der Waals surface area contributed by atoms with Gasteiger partial charge in [0.25, 0.3) is 0 Å². The molecule has 4 rings (SSSR count). The summed E-state index contributed by atoms with van der Waals surface area (Å²) in [5.41, 5.74) is 2.25. The van der Waals surface area contributed by atoms with Crippen molar-refractivity contribution in [1.82, 2.24) is 20.3 Å². The summed E-state index contributed by atoms with van der Waals surface area (Å²) in [7, 11) is 0. The minimum Gasteiger partial charge on any atom is -0.396 e. The van der Waals surface area contributed by atoms with E-state index in [4.69, 9.17) is 0 Å². The van der Waals surface area contributed by atoms with Gasteiger partial charge < -0.3 is 15.5 Å². The fraction of sp³-hybridized carbons (Fsp3) is 0.348. The molecule has 1 fully saturated rings. The Kier molecular flexibility index (Phi) is 6.42. The van der Waals surface area contributed by atoms with Gasteiger partial charge in [0.05, 0.1) is 6.10 Å². The summed E-state index contributed by atoms with van der Waals surface area (Å²) >= 11 is 0. The van der Waals surface area contributed by atoms with Crippen LogP contribution in [-0.2, 0) is 13.0 Å². The Balaban J connectivity index is 1.52. The molecule has 2 heterocycles. The van der Waals surface area contributed by atoms with E-state index in [0.717, 1.165) is 11.3 Å². The van der Waals surface area contributed by atoms with Gasteiger partial charge >= 0.3 is 0 Å². The Labute approximate surface area is 174 Å². The molecular formula is C23H25FN4O2. The molecular weight excluding hydrogens is 383 g/mol. The molecule has 3 aromatic rings. The Morgan fingerprint density at radius 1 is 1.07 bits per heavy atom. The van der Waals surface area contributed by atoms with Crippen molar-refractivity contribution in [3.8, 4) is 11.4 Å². The Bertz CT molecular complexity index is 972. The van der Waals surface area contributed by atoms with E-state index >= 15 is 0 Å². The molecule has 0 spiro atoms. The van der Waals surface area contributed by atoms with Crippen molar-refractivity contribution < 1.29 is 14.6 Å². The highest BCUT2D eigenvalue weighted by atomic mass is 19.1. The lowest BCUT2D eigenvalue weighted by Crippen LogP contribution is -2.36. The van der Waals surface area contributed by atoms with Gasteiger partial charge in [0.1, 0.15) is 5.82 Å². The third kappa shape index (κ3) is 4.53. The number of hydrogen-bond donors (Lipinski definition) is 3. The molecule has 7 heteroatoms. The number of benzene rings is 1. The van der Waals surface area contributed by atoms with E-state index in [1.807, 2.05) is 18.2 Å². The Morgan fingerprint density at radius 2 is 1.93 bits per heavy atom. The number of aliphatic hydroxyl groups excluding tert-OH is 2. The lowest BCUT2D eigenvalue weighted by Gasteiger charge is -2.25. The minimum absolute atomic E-state index is 0.0339. The molecule has 0 bridgehead atoms. The molecule has 6 nitrogen and oxygen atoms in total. The average molecular weight is 408 g/mol. The summed E-state index contributed by atoms with van der Waals surface area (Å²) in [4.78, 5) is 13.1. The van der Waals surface area contributed by atoms with Crippen LogP contribution in [0.2, 0.25) is 0 Å². The van der Waals surface area contributed by atoms with Crippen molar-refractivity contribution in [3.63, 3.8) is 0 Å². The normalized spacial score (nSPS) is 23.6. The fourth-order valence-corrected chi connectivity index (χ4v) is 4.25. The first kappa shape index (κ1) is 20.5. The predicted molar refractivity (Wildman–Crippen MR) is 111 cm³/mol. The van der Waals surface area contributed by atoms with Gasteiger partial charge in [-0.3, -0.25) is 4.98 Å². The molecule has 1 saturated carbocycles. The summed E-state index contributed by atoms with van der Waals surface area (Å²) in [5, 5.41) is 23.7. The van der Waals surface area contributed by atoms with Crippen LogP contribution in [-0.4, -0.2) is 43.9 Å². The Hall–Kier alpha value is -2.74. The van der Waals surface area contributed by atoms with Crippen molar-refractivity contribution in [2.24, 2.45) is 11.8 Å². The summed E-state index contributed by atoms with van der Waals surface area (Å²) in [6.07, 6.45) is 5.60. The van der Waals surface area contributed by atoms with E-state index in [1.54, 1.807) is 36.8 Å². The number of rotatable bonds is 7. The standard InChI is InChI=1S/C23H25FN4O2/c24-20-6-2-1-4-15(20)13-27-21-11-22(30)19(14-29)18(21)10-17-7-9-26-23(28-17)16-5-3-8-25-12-16/h1-9,12,18-19,21-22,27,29-30H,10-11,13-14H2/t18-,19-,21-,22-/m1/s1. The number of aromatic nitrogens is 3. The van der Waals surface area contributed by atoms with Crippen molar-refractivity contribution in [3.05, 3.63) is 78.1 Å². The van der Waals surface area contributed by atoms with Crippen LogP contribution in [0.5, 0.6) is 0 Å². The molecule has 0 amide bonds. The highest BCUT2D eigenvalue weighted by Gasteiger charge is 2.42. The maximum Gasteiger partial charge on any atom is 0.160 e. The van der Waals surface area contributed by atoms with Crippen LogP contribution in [0, 0.1) is 17.7 Å². The van der Waals surface area contributed by atoms with Crippen molar-refractivity contribution in [1.29, 1.82) is 0 Å². The lowest BCUT2D eigenvalue weighted by atomic mass is 9.88. The second-order valence-corrected chi connectivity index (χ2v) is 7.71. The highest BCUT2D eigenvalue weighted by molar-refractivity contribution is 5.52. The van der Waals surface area contributed by atoms with Crippen LogP contribution in [0.25, 0.3) is 11.4 Å². The number of pyridine rings is 1. The zero-order valence-corrected chi connectivity index (χ0v) is 16.5. The van der Waals surface area contributed by atoms with Crippen molar-refractivity contribution in [2.45, 2.75) is 31.5 Å². The van der Waals surface area contributed by atoms with E-state index in [2.05, 4.69) is 20.3 Å². The van der Waals surface area contributed by atoms with Crippen LogP contribution in [0.15, 0.2) is 61.1 Å². The van der Waals surface area contributed by atoms with Crippen LogP contribution >= 0.6 is 0 Å². The summed E-state index contributed by atoms with van der Waals surface area (Å²) in [6.45, 7) is 0.258. The summed E-state index contributed by atoms with van der Waals surface area (Å²) in [6, 6.07) is 12.2. The summed E-state index contributed by atoms with van der Waals surface area (Å²) in [5.74, 6) is 0.0413. The highest BCUT2D eigenvalue weighted by Crippen LogP contribution is 2.35. The fourth-order valence-electron chi connectivity index (χ4n) is 4.25. The van der Waals surface area contributed by atoms with Gasteiger partial charge in [-0.2, -0.15) is 0 Å². The average Bonchev–Trinajstić information content (AvgIpc) is 3.08. The zero-order chi connectivity index (χ0) is 20.9. The molecule has 0 unspecified atom stereocenters. The first-order valence-electron chi connectivity index (χ1n) is 10.1. The van der Waals surface area contributed by atoms with Gasteiger partial charge in [-0.15, -0.1) is 0 Å². The quantitative estimate of drug-likeness (QED) is 0.556. The van der Waals surface area contributed by atoms with Crippen LogP contribution in [0.1, 0.15) is 17.7 Å². The summed E-state index contributed by atoms with van der Waals surface area (Å²) < 4.78 is 14.0. The number of halogens is 1. The molecule has 0 aliphatic heterocycles. The van der Waals surface area contributed by atoms with Gasteiger partial charge in [-0.1, -0.05) is 18.2 Å². The smallest absolute Gasteiger partial charge is 0.160 e. The van der Waals surface area contributed by atoms with E-state index in [0.29, 0.717) is 30.8 Å². The number of nitrogens with one attached hydrogen (secondary N) is 1. The van der Waals surface area contributed by atoms with Gasteiger partial charge in [-0.25, -0.2) is 14.4 Å². The van der Waals surface area contributed by atoms with E-state index in [-0.39, 0.29) is 30.3 Å². The van der Waals surface area contributed by atoms with Crippen LogP contribution in [0.4, 0.5) is 4.39 Å². The molecule has 1 aliphatic rings. The van der Waals surface area contributed by atoms with E-state index in [1.165, 1.54) is 6.07 Å². The molecule has 2 aromatic heterocycles. The molecule has 30 heavy (non-hydrogen) atoms. The number of aliphatic hydroxyl groups is 2. The van der Waals surface area contributed by atoms with Crippen LogP contribution < -0.4 is 5.32 Å². The van der Waals surface area contributed by atoms with Crippen molar-refractivity contribution >= 4 is 0 Å². The molecule has 1 aromatic carbocycles. The monoisotopic (exact) mass is 408 g/mol. The van der Waals surface area contributed by atoms with Gasteiger partial charge in [-0.05, 0) is 43.0 Å². The Morgan fingerprint density at radius 3 is 2.70 bits per heavy atom. The van der Waals surface area contributed by atoms with Gasteiger partial charge in [0.2, 0.25) is 0 Å². The first-order chi connectivity index (χ1) is 14.7. The van der Waals surface area contributed by atoms with E-state index < -0.39 is 6.10 Å². The van der Waals surface area contributed by atoms with Gasteiger partial charge in [0, 0.05) is 60.5 Å². The third-order valence-electron chi connectivity index (χ3n) is 5.86. The number of nitrogens with zero attached hydrogens (tertiary/aromatic N) is 3. The zero-order valence-electron chi connectivity index (χ0n) is 16.5. The van der Waals surface area contributed by atoms with Crippen LogP contribution in [0.3, 0.4) is 0 Å². The SMILES string of the molecule is OC[C@@H]1[C@@H](Cc2ccnc(-c3cccnc3)n2)[C@H](NCc2ccccc2F)C[C@H]1O. The van der Waals surface area contributed by atoms with Crippen molar-refractivity contribution in [2.75, 3.05) is 6.61 Å². The second kappa shape index (κ2) is 9.38. The predicted octanol–water partition coefficient (Wildman–Crippen LogP) is 2.37. The molecule has 156 valence electrons. The molecule has 4 atom stereocenters.